The highest BCUT2D eigenvalue weighted by Gasteiger charge is 2.76. The monoisotopic (exact) mass is 285 g/mol. The maximum Gasteiger partial charge on any atom is 0.229 e. The van der Waals surface area contributed by atoms with E-state index in [0.717, 1.165) is 0 Å². The summed E-state index contributed by atoms with van der Waals surface area (Å²) in [6, 6.07) is 10.6. The van der Waals surface area contributed by atoms with Gasteiger partial charge in [0, 0.05) is 11.8 Å². The van der Waals surface area contributed by atoms with E-state index < -0.39 is 5.72 Å². The first-order valence-electron chi connectivity index (χ1n) is 7.88. The van der Waals surface area contributed by atoms with Crippen LogP contribution in [0.5, 0.6) is 0 Å². The van der Waals surface area contributed by atoms with E-state index in [0.29, 0.717) is 24.3 Å². The molecular formula is C18H23NO2. The lowest BCUT2D eigenvalue weighted by Crippen LogP contribution is -2.51. The molecule has 3 aliphatic rings. The van der Waals surface area contributed by atoms with Crippen LogP contribution in [0.2, 0.25) is 0 Å². The van der Waals surface area contributed by atoms with E-state index in [9.17, 15) is 4.79 Å². The van der Waals surface area contributed by atoms with Gasteiger partial charge in [-0.2, -0.15) is 0 Å². The molecule has 0 bridgehead atoms. The molecule has 1 saturated carbocycles. The minimum atomic E-state index is -0.403. The SMILES string of the molecule is CC(C)(C)[C@H]1CO[C@]2(C)[C@H]3[C@@H](C(=O)N12)[C@@H]3c1ccccc1. The van der Waals surface area contributed by atoms with E-state index in [4.69, 9.17) is 4.74 Å². The maximum atomic E-state index is 12.9. The molecule has 5 atom stereocenters. The molecule has 0 aromatic heterocycles. The molecule has 112 valence electrons. The highest BCUT2D eigenvalue weighted by Crippen LogP contribution is 2.68. The van der Waals surface area contributed by atoms with E-state index in [1.54, 1.807) is 0 Å². The molecule has 1 amide bonds. The first-order valence-corrected chi connectivity index (χ1v) is 7.88. The number of piperidine rings is 1. The van der Waals surface area contributed by atoms with Gasteiger partial charge in [0.25, 0.3) is 0 Å². The Hall–Kier alpha value is -1.35. The second-order valence-electron chi connectivity index (χ2n) is 7.94. The van der Waals surface area contributed by atoms with E-state index in [1.165, 1.54) is 5.56 Å². The van der Waals surface area contributed by atoms with Crippen LogP contribution in [-0.2, 0) is 9.53 Å². The smallest absolute Gasteiger partial charge is 0.229 e. The molecule has 0 unspecified atom stereocenters. The quantitative estimate of drug-likeness (QED) is 0.794. The number of nitrogens with zero attached hydrogens (tertiary/aromatic N) is 1. The molecule has 21 heavy (non-hydrogen) atoms. The summed E-state index contributed by atoms with van der Waals surface area (Å²) in [5.74, 6) is 1.09. The highest BCUT2D eigenvalue weighted by atomic mass is 16.5. The summed E-state index contributed by atoms with van der Waals surface area (Å²) in [5, 5.41) is 0. The summed E-state index contributed by atoms with van der Waals surface area (Å²) < 4.78 is 6.18. The van der Waals surface area contributed by atoms with Crippen molar-refractivity contribution in [1.82, 2.24) is 4.90 Å². The average molecular weight is 285 g/mol. The van der Waals surface area contributed by atoms with Gasteiger partial charge in [-0.3, -0.25) is 4.79 Å². The number of hydrogen-bond acceptors (Lipinski definition) is 2. The molecule has 1 aliphatic carbocycles. The van der Waals surface area contributed by atoms with Crippen molar-refractivity contribution in [2.75, 3.05) is 6.61 Å². The number of amides is 1. The minimum Gasteiger partial charge on any atom is -0.353 e. The Kier molecular flexibility index (Phi) is 2.47. The minimum absolute atomic E-state index is 0.0619. The van der Waals surface area contributed by atoms with Gasteiger partial charge in [0.15, 0.2) is 0 Å². The molecule has 1 aromatic rings. The fourth-order valence-electron chi connectivity index (χ4n) is 4.50. The van der Waals surface area contributed by atoms with Gasteiger partial charge in [0.05, 0.1) is 18.6 Å². The highest BCUT2D eigenvalue weighted by molar-refractivity contribution is 5.89. The second-order valence-corrected chi connectivity index (χ2v) is 7.94. The van der Waals surface area contributed by atoms with Gasteiger partial charge in [0.1, 0.15) is 5.72 Å². The topological polar surface area (TPSA) is 29.5 Å². The van der Waals surface area contributed by atoms with Crippen molar-refractivity contribution in [1.29, 1.82) is 0 Å². The van der Waals surface area contributed by atoms with Crippen LogP contribution in [0.3, 0.4) is 0 Å². The van der Waals surface area contributed by atoms with Gasteiger partial charge >= 0.3 is 0 Å². The van der Waals surface area contributed by atoms with Crippen molar-refractivity contribution >= 4 is 5.91 Å². The molecule has 2 saturated heterocycles. The van der Waals surface area contributed by atoms with Crippen LogP contribution in [0, 0.1) is 17.3 Å². The Labute approximate surface area is 126 Å². The van der Waals surface area contributed by atoms with E-state index in [-0.39, 0.29) is 17.4 Å². The van der Waals surface area contributed by atoms with Crippen molar-refractivity contribution in [3.8, 4) is 0 Å². The zero-order valence-electron chi connectivity index (χ0n) is 13.2. The van der Waals surface area contributed by atoms with Gasteiger partial charge in [0.2, 0.25) is 5.91 Å². The summed E-state index contributed by atoms with van der Waals surface area (Å²) >= 11 is 0. The number of hydrogen-bond donors (Lipinski definition) is 0. The van der Waals surface area contributed by atoms with Gasteiger partial charge in [-0.05, 0) is 17.9 Å². The fourth-order valence-corrected chi connectivity index (χ4v) is 4.50. The molecule has 4 rings (SSSR count). The lowest BCUT2D eigenvalue weighted by atomic mass is 9.86. The number of benzene rings is 1. The third-order valence-corrected chi connectivity index (χ3v) is 5.67. The number of fused-ring (bicyclic) bond motifs is 3. The number of carbonyl (C=O) groups is 1. The summed E-state index contributed by atoms with van der Waals surface area (Å²) in [7, 11) is 0. The molecule has 3 nitrogen and oxygen atoms in total. The first-order chi connectivity index (χ1) is 9.86. The van der Waals surface area contributed by atoms with Crippen molar-refractivity contribution in [3.63, 3.8) is 0 Å². The second kappa shape index (κ2) is 3.89. The Morgan fingerprint density at radius 1 is 1.19 bits per heavy atom. The van der Waals surface area contributed by atoms with Gasteiger partial charge < -0.3 is 9.64 Å². The Morgan fingerprint density at radius 2 is 1.86 bits per heavy atom. The summed E-state index contributed by atoms with van der Waals surface area (Å²) in [6.07, 6.45) is 0. The predicted octanol–water partition coefficient (Wildman–Crippen LogP) is 3.02. The van der Waals surface area contributed by atoms with E-state index in [1.807, 2.05) is 6.07 Å². The fraction of sp³-hybridized carbons (Fsp3) is 0.611. The normalized spacial score (nSPS) is 41.1. The molecule has 0 radical (unpaired) electrons. The first kappa shape index (κ1) is 13.3. The van der Waals surface area contributed by atoms with Crippen molar-refractivity contribution in [2.24, 2.45) is 17.3 Å². The van der Waals surface area contributed by atoms with Gasteiger partial charge in [-0.1, -0.05) is 51.1 Å². The van der Waals surface area contributed by atoms with Crippen LogP contribution >= 0.6 is 0 Å². The van der Waals surface area contributed by atoms with Crippen molar-refractivity contribution in [2.45, 2.75) is 45.4 Å². The third kappa shape index (κ3) is 1.61. The molecular weight excluding hydrogens is 262 g/mol. The Balaban J connectivity index is 1.67. The van der Waals surface area contributed by atoms with Crippen LogP contribution in [0.1, 0.15) is 39.2 Å². The molecule has 0 spiro atoms. The summed E-state index contributed by atoms with van der Waals surface area (Å²) in [4.78, 5) is 15.0. The Bertz CT molecular complexity index is 591. The number of rotatable bonds is 1. The lowest BCUT2D eigenvalue weighted by molar-refractivity contribution is -0.144. The largest absolute Gasteiger partial charge is 0.353 e. The van der Waals surface area contributed by atoms with Crippen molar-refractivity contribution in [3.05, 3.63) is 35.9 Å². The maximum absolute atomic E-state index is 12.9. The molecule has 3 heteroatoms. The van der Waals surface area contributed by atoms with Crippen molar-refractivity contribution < 1.29 is 9.53 Å². The molecule has 3 fully saturated rings. The molecule has 0 N–H and O–H groups in total. The standard InChI is InChI=1S/C18H23NO2/c1-17(2,3)12-10-21-18(4)15-13(11-8-6-5-7-9-11)14(15)16(20)19(12)18/h5-9,12-15H,10H2,1-4H3/t12-,13+,14+,15-,18-/m1/s1. The van der Waals surface area contributed by atoms with E-state index in [2.05, 4.69) is 56.9 Å². The van der Waals surface area contributed by atoms with Gasteiger partial charge in [-0.25, -0.2) is 0 Å². The third-order valence-electron chi connectivity index (χ3n) is 5.67. The van der Waals surface area contributed by atoms with Gasteiger partial charge in [-0.15, -0.1) is 0 Å². The molecule has 1 aromatic carbocycles. The predicted molar refractivity (Wildman–Crippen MR) is 80.6 cm³/mol. The van der Waals surface area contributed by atoms with Crippen LogP contribution in [-0.4, -0.2) is 29.2 Å². The van der Waals surface area contributed by atoms with Crippen LogP contribution < -0.4 is 0 Å². The average Bonchev–Trinajstić information content (AvgIpc) is 3.02. The molecule has 2 heterocycles. The summed E-state index contributed by atoms with van der Waals surface area (Å²) in [5.41, 5.74) is 0.941. The van der Waals surface area contributed by atoms with Crippen LogP contribution in [0.4, 0.5) is 0 Å². The summed E-state index contributed by atoms with van der Waals surface area (Å²) in [6.45, 7) is 9.36. The zero-order chi connectivity index (χ0) is 15.0. The lowest BCUT2D eigenvalue weighted by Gasteiger charge is -2.38. The van der Waals surface area contributed by atoms with E-state index >= 15 is 0 Å². The van der Waals surface area contributed by atoms with Crippen LogP contribution in [0.25, 0.3) is 0 Å². The Morgan fingerprint density at radius 3 is 2.48 bits per heavy atom. The zero-order valence-corrected chi connectivity index (χ0v) is 13.2. The number of ether oxygens (including phenoxy) is 1. The number of carbonyl (C=O) groups excluding carboxylic acids is 1. The molecule has 2 aliphatic heterocycles. The van der Waals surface area contributed by atoms with Crippen LogP contribution in [0.15, 0.2) is 30.3 Å².